The lowest BCUT2D eigenvalue weighted by Crippen LogP contribution is -2.42. The fourth-order valence-electron chi connectivity index (χ4n) is 2.89. The van der Waals surface area contributed by atoms with Crippen molar-refractivity contribution in [1.29, 1.82) is 0 Å². The number of hydrogen-bond donors (Lipinski definition) is 2. The molecule has 0 aromatic carbocycles. The van der Waals surface area contributed by atoms with E-state index in [4.69, 9.17) is 5.84 Å². The molecule has 2 nitrogen and oxygen atoms in total. The first-order chi connectivity index (χ1) is 7.71. The second-order valence-electron chi connectivity index (χ2n) is 5.28. The Morgan fingerprint density at radius 1 is 1.44 bits per heavy atom. The van der Waals surface area contributed by atoms with Crippen molar-refractivity contribution in [3.05, 3.63) is 12.2 Å². The molecule has 0 radical (unpaired) electrons. The summed E-state index contributed by atoms with van der Waals surface area (Å²) in [5.74, 6) is 7.38. The van der Waals surface area contributed by atoms with Gasteiger partial charge in [0.15, 0.2) is 0 Å². The first kappa shape index (κ1) is 13.7. The van der Waals surface area contributed by atoms with E-state index in [0.717, 1.165) is 24.7 Å². The van der Waals surface area contributed by atoms with Crippen LogP contribution in [-0.2, 0) is 0 Å². The van der Waals surface area contributed by atoms with Gasteiger partial charge in [0.05, 0.1) is 0 Å². The van der Waals surface area contributed by atoms with E-state index in [1.165, 1.54) is 37.7 Å². The quantitative estimate of drug-likeness (QED) is 0.412. The summed E-state index contributed by atoms with van der Waals surface area (Å²) in [4.78, 5) is 0. The van der Waals surface area contributed by atoms with Crippen LogP contribution in [0.5, 0.6) is 0 Å². The van der Waals surface area contributed by atoms with E-state index in [-0.39, 0.29) is 0 Å². The lowest BCUT2D eigenvalue weighted by molar-refractivity contribution is 0.207. The van der Waals surface area contributed by atoms with Crippen LogP contribution in [0, 0.1) is 11.8 Å². The molecule has 0 aliphatic heterocycles. The van der Waals surface area contributed by atoms with E-state index in [1.807, 2.05) is 0 Å². The zero-order chi connectivity index (χ0) is 12.0. The Morgan fingerprint density at radius 2 is 2.19 bits per heavy atom. The Hall–Kier alpha value is -0.340. The van der Waals surface area contributed by atoms with Gasteiger partial charge in [-0.2, -0.15) is 0 Å². The van der Waals surface area contributed by atoms with Gasteiger partial charge in [-0.15, -0.1) is 0 Å². The molecule has 2 heteroatoms. The van der Waals surface area contributed by atoms with Crippen LogP contribution >= 0.6 is 0 Å². The van der Waals surface area contributed by atoms with Crippen molar-refractivity contribution in [2.24, 2.45) is 17.7 Å². The van der Waals surface area contributed by atoms with Crippen molar-refractivity contribution < 1.29 is 0 Å². The molecule has 0 saturated heterocycles. The molecule has 1 aliphatic rings. The van der Waals surface area contributed by atoms with Gasteiger partial charge in [0.25, 0.3) is 0 Å². The topological polar surface area (TPSA) is 38.0 Å². The molecule has 0 bridgehead atoms. The fraction of sp³-hybridized carbons (Fsp3) is 0.857. The molecular weight excluding hydrogens is 196 g/mol. The third-order valence-electron chi connectivity index (χ3n) is 4.19. The highest BCUT2D eigenvalue weighted by Crippen LogP contribution is 2.34. The molecule has 1 saturated carbocycles. The van der Waals surface area contributed by atoms with Gasteiger partial charge in [-0.1, -0.05) is 45.3 Å². The van der Waals surface area contributed by atoms with Crippen LogP contribution in [0.1, 0.15) is 58.8 Å². The zero-order valence-corrected chi connectivity index (χ0v) is 11.0. The molecule has 0 amide bonds. The highest BCUT2D eigenvalue weighted by Gasteiger charge is 2.27. The molecule has 94 valence electrons. The SMILES string of the molecule is C=C(CC)CC(NN)C1CCCC(CC)C1. The van der Waals surface area contributed by atoms with Crippen LogP contribution in [-0.4, -0.2) is 6.04 Å². The lowest BCUT2D eigenvalue weighted by Gasteiger charge is -2.34. The van der Waals surface area contributed by atoms with Crippen molar-refractivity contribution in [3.63, 3.8) is 0 Å². The highest BCUT2D eigenvalue weighted by molar-refractivity contribution is 4.98. The maximum atomic E-state index is 5.70. The normalized spacial score (nSPS) is 27.7. The molecular formula is C14H28N2. The Balaban J connectivity index is 2.48. The zero-order valence-electron chi connectivity index (χ0n) is 11.0. The van der Waals surface area contributed by atoms with Crippen molar-refractivity contribution >= 4 is 0 Å². The maximum Gasteiger partial charge on any atom is 0.0275 e. The number of nitrogens with two attached hydrogens (primary N) is 1. The Labute approximate surface area is 101 Å². The van der Waals surface area contributed by atoms with Crippen LogP contribution < -0.4 is 11.3 Å². The van der Waals surface area contributed by atoms with Gasteiger partial charge < -0.3 is 0 Å². The van der Waals surface area contributed by atoms with Crippen molar-refractivity contribution in [3.8, 4) is 0 Å². The molecule has 0 spiro atoms. The Kier molecular flexibility index (Phi) is 6.07. The smallest absolute Gasteiger partial charge is 0.0275 e. The van der Waals surface area contributed by atoms with Gasteiger partial charge in [-0.05, 0) is 37.5 Å². The van der Waals surface area contributed by atoms with Crippen LogP contribution in [0.2, 0.25) is 0 Å². The molecule has 3 atom stereocenters. The largest absolute Gasteiger partial charge is 0.271 e. The summed E-state index contributed by atoms with van der Waals surface area (Å²) in [5.41, 5.74) is 4.34. The van der Waals surface area contributed by atoms with E-state index in [1.54, 1.807) is 0 Å². The van der Waals surface area contributed by atoms with Gasteiger partial charge in [0.1, 0.15) is 0 Å². The van der Waals surface area contributed by atoms with Gasteiger partial charge in [-0.25, -0.2) is 0 Å². The maximum absolute atomic E-state index is 5.70. The van der Waals surface area contributed by atoms with Gasteiger partial charge in [-0.3, -0.25) is 11.3 Å². The second kappa shape index (κ2) is 7.08. The minimum Gasteiger partial charge on any atom is -0.271 e. The molecule has 3 N–H and O–H groups in total. The minimum atomic E-state index is 0.446. The van der Waals surface area contributed by atoms with E-state index >= 15 is 0 Å². The highest BCUT2D eigenvalue weighted by atomic mass is 15.2. The second-order valence-corrected chi connectivity index (χ2v) is 5.28. The first-order valence-corrected chi connectivity index (χ1v) is 6.84. The average molecular weight is 224 g/mol. The van der Waals surface area contributed by atoms with Crippen molar-refractivity contribution in [1.82, 2.24) is 5.43 Å². The molecule has 0 heterocycles. The van der Waals surface area contributed by atoms with Gasteiger partial charge in [0.2, 0.25) is 0 Å². The monoisotopic (exact) mass is 224 g/mol. The van der Waals surface area contributed by atoms with Crippen LogP contribution in [0.15, 0.2) is 12.2 Å². The van der Waals surface area contributed by atoms with Crippen molar-refractivity contribution in [2.45, 2.75) is 64.8 Å². The predicted molar refractivity (Wildman–Crippen MR) is 70.9 cm³/mol. The van der Waals surface area contributed by atoms with Crippen molar-refractivity contribution in [2.75, 3.05) is 0 Å². The summed E-state index contributed by atoms with van der Waals surface area (Å²) in [7, 11) is 0. The van der Waals surface area contributed by atoms with Crippen LogP contribution in [0.3, 0.4) is 0 Å². The molecule has 1 fully saturated rings. The van der Waals surface area contributed by atoms with Crippen LogP contribution in [0.25, 0.3) is 0 Å². The van der Waals surface area contributed by atoms with E-state index in [9.17, 15) is 0 Å². The standard InChI is InChI=1S/C14H28N2/c1-4-11(3)9-14(16-15)13-8-6-7-12(5-2)10-13/h12-14,16H,3-10,15H2,1-2H3. The molecule has 1 rings (SSSR count). The minimum absolute atomic E-state index is 0.446. The predicted octanol–water partition coefficient (Wildman–Crippen LogP) is 3.39. The van der Waals surface area contributed by atoms with E-state index in [0.29, 0.717) is 6.04 Å². The molecule has 16 heavy (non-hydrogen) atoms. The number of rotatable bonds is 6. The Bertz CT molecular complexity index is 213. The summed E-state index contributed by atoms with van der Waals surface area (Å²) in [6, 6.07) is 0.446. The summed E-state index contributed by atoms with van der Waals surface area (Å²) < 4.78 is 0. The number of nitrogens with one attached hydrogen (secondary N) is 1. The summed E-state index contributed by atoms with van der Waals surface area (Å²) in [5, 5.41) is 0. The molecule has 0 aromatic rings. The fourth-order valence-corrected chi connectivity index (χ4v) is 2.89. The lowest BCUT2D eigenvalue weighted by atomic mass is 9.75. The Morgan fingerprint density at radius 3 is 2.75 bits per heavy atom. The van der Waals surface area contributed by atoms with Crippen LogP contribution in [0.4, 0.5) is 0 Å². The molecule has 1 aliphatic carbocycles. The summed E-state index contributed by atoms with van der Waals surface area (Å²) in [6.07, 6.45) is 8.92. The van der Waals surface area contributed by atoms with E-state index in [2.05, 4.69) is 25.9 Å². The third kappa shape index (κ3) is 3.91. The van der Waals surface area contributed by atoms with Gasteiger partial charge >= 0.3 is 0 Å². The van der Waals surface area contributed by atoms with Gasteiger partial charge in [0, 0.05) is 6.04 Å². The molecule has 3 unspecified atom stereocenters. The summed E-state index contributed by atoms with van der Waals surface area (Å²) in [6.45, 7) is 8.58. The number of hydrazine groups is 1. The van der Waals surface area contributed by atoms with E-state index < -0.39 is 0 Å². The summed E-state index contributed by atoms with van der Waals surface area (Å²) >= 11 is 0. The molecule has 0 aromatic heterocycles. The number of hydrogen-bond acceptors (Lipinski definition) is 2. The first-order valence-electron chi connectivity index (χ1n) is 6.84. The third-order valence-corrected chi connectivity index (χ3v) is 4.19. The average Bonchev–Trinajstić information content (AvgIpc) is 2.35.